The highest BCUT2D eigenvalue weighted by molar-refractivity contribution is 6.34. The van der Waals surface area contributed by atoms with Gasteiger partial charge in [0.25, 0.3) is 0 Å². The molecule has 1 unspecified atom stereocenters. The predicted octanol–water partition coefficient (Wildman–Crippen LogP) is 3.92. The zero-order valence-corrected chi connectivity index (χ0v) is 11.5. The first kappa shape index (κ1) is 13.6. The third-order valence-electron chi connectivity index (χ3n) is 2.58. The molecule has 0 saturated carbocycles. The first-order valence-electron chi connectivity index (χ1n) is 5.21. The fraction of sp³-hybridized carbons (Fsp3) is 0.500. The molecule has 1 aromatic rings. The summed E-state index contributed by atoms with van der Waals surface area (Å²) in [4.78, 5) is 0. The minimum atomic E-state index is 0.191. The van der Waals surface area contributed by atoms with Gasteiger partial charge in [-0.15, -0.1) is 0 Å². The van der Waals surface area contributed by atoms with Crippen LogP contribution >= 0.6 is 23.2 Å². The van der Waals surface area contributed by atoms with E-state index in [0.29, 0.717) is 21.7 Å². The molecule has 0 aliphatic rings. The van der Waals surface area contributed by atoms with Gasteiger partial charge in [0.2, 0.25) is 0 Å². The minimum absolute atomic E-state index is 0.191. The van der Waals surface area contributed by atoms with Gasteiger partial charge in [0.1, 0.15) is 5.75 Å². The molecule has 0 aromatic heterocycles. The number of hydrogen-bond donors (Lipinski definition) is 1. The highest BCUT2D eigenvalue weighted by Crippen LogP contribution is 2.35. The van der Waals surface area contributed by atoms with Crippen LogP contribution in [0.2, 0.25) is 10.0 Å². The second-order valence-electron chi connectivity index (χ2n) is 4.02. The maximum Gasteiger partial charge on any atom is 0.138 e. The monoisotopic (exact) mass is 261 g/mol. The Labute approximate surface area is 107 Å². The van der Waals surface area contributed by atoms with Crippen molar-refractivity contribution in [1.82, 2.24) is 5.32 Å². The Balaban J connectivity index is 3.18. The topological polar surface area (TPSA) is 21.3 Å². The molecular formula is C12H17Cl2NO. The molecule has 1 atom stereocenters. The lowest BCUT2D eigenvalue weighted by molar-refractivity contribution is 0.412. The molecule has 1 N–H and O–H groups in total. The highest BCUT2D eigenvalue weighted by Gasteiger charge is 2.18. The van der Waals surface area contributed by atoms with Crippen molar-refractivity contribution < 1.29 is 4.74 Å². The average molecular weight is 262 g/mol. The highest BCUT2D eigenvalue weighted by atomic mass is 35.5. The van der Waals surface area contributed by atoms with Gasteiger partial charge in [0.05, 0.1) is 12.1 Å². The molecule has 0 saturated heterocycles. The van der Waals surface area contributed by atoms with Crippen LogP contribution in [0.3, 0.4) is 0 Å². The lowest BCUT2D eigenvalue weighted by Gasteiger charge is -2.22. The normalized spacial score (nSPS) is 12.9. The zero-order chi connectivity index (χ0) is 12.3. The fourth-order valence-corrected chi connectivity index (χ4v) is 2.31. The van der Waals surface area contributed by atoms with E-state index in [1.807, 2.05) is 13.1 Å². The number of methoxy groups -OCH3 is 1. The van der Waals surface area contributed by atoms with E-state index in [4.69, 9.17) is 27.9 Å². The molecule has 1 aromatic carbocycles. The molecule has 0 spiro atoms. The maximum atomic E-state index is 6.22. The molecule has 90 valence electrons. The Hall–Kier alpha value is -0.440. The van der Waals surface area contributed by atoms with Crippen molar-refractivity contribution in [3.63, 3.8) is 0 Å². The van der Waals surface area contributed by atoms with E-state index in [-0.39, 0.29) is 6.04 Å². The summed E-state index contributed by atoms with van der Waals surface area (Å²) in [6.07, 6.45) is 0. The summed E-state index contributed by atoms with van der Waals surface area (Å²) >= 11 is 12.3. The number of ether oxygens (including phenoxy) is 1. The van der Waals surface area contributed by atoms with Crippen molar-refractivity contribution in [3.05, 3.63) is 27.7 Å². The van der Waals surface area contributed by atoms with Crippen molar-refractivity contribution >= 4 is 23.2 Å². The second-order valence-corrected chi connectivity index (χ2v) is 4.83. The van der Waals surface area contributed by atoms with E-state index >= 15 is 0 Å². The smallest absolute Gasteiger partial charge is 0.138 e. The van der Waals surface area contributed by atoms with Gasteiger partial charge in [0.15, 0.2) is 0 Å². The molecule has 16 heavy (non-hydrogen) atoms. The van der Waals surface area contributed by atoms with Gasteiger partial charge >= 0.3 is 0 Å². The second kappa shape index (κ2) is 5.76. The van der Waals surface area contributed by atoms with Gasteiger partial charge in [-0.1, -0.05) is 37.0 Å². The molecule has 2 nitrogen and oxygen atoms in total. The van der Waals surface area contributed by atoms with Crippen molar-refractivity contribution in [1.29, 1.82) is 0 Å². The number of rotatable bonds is 4. The van der Waals surface area contributed by atoms with E-state index < -0.39 is 0 Å². The van der Waals surface area contributed by atoms with E-state index in [1.54, 1.807) is 13.2 Å². The molecule has 0 aliphatic heterocycles. The largest absolute Gasteiger partial charge is 0.495 e. The SMILES string of the molecule is CNC(c1cc(Cl)c(OC)cc1Cl)C(C)C. The molecular weight excluding hydrogens is 245 g/mol. The summed E-state index contributed by atoms with van der Waals surface area (Å²) in [6, 6.07) is 3.81. The lowest BCUT2D eigenvalue weighted by atomic mass is 9.96. The Bertz CT molecular complexity index is 366. The predicted molar refractivity (Wildman–Crippen MR) is 69.7 cm³/mol. The van der Waals surface area contributed by atoms with Gasteiger partial charge < -0.3 is 10.1 Å². The summed E-state index contributed by atoms with van der Waals surface area (Å²) in [6.45, 7) is 4.27. The van der Waals surface area contributed by atoms with Gasteiger partial charge in [-0.25, -0.2) is 0 Å². The van der Waals surface area contributed by atoms with Crippen LogP contribution in [0, 0.1) is 5.92 Å². The van der Waals surface area contributed by atoms with Crippen LogP contribution in [0.15, 0.2) is 12.1 Å². The Kier molecular flexibility index (Phi) is 4.90. The molecule has 0 radical (unpaired) electrons. The number of nitrogens with one attached hydrogen (secondary N) is 1. The molecule has 0 fully saturated rings. The Morgan fingerprint density at radius 2 is 1.81 bits per heavy atom. The minimum Gasteiger partial charge on any atom is -0.495 e. The van der Waals surface area contributed by atoms with Gasteiger partial charge in [-0.3, -0.25) is 0 Å². The standard InChI is InChI=1S/C12H17Cl2NO/c1-7(2)12(15-3)8-5-10(14)11(16-4)6-9(8)13/h5-7,12,15H,1-4H3. The first-order chi connectivity index (χ1) is 7.51. The maximum absolute atomic E-state index is 6.22. The number of hydrogen-bond acceptors (Lipinski definition) is 2. The lowest BCUT2D eigenvalue weighted by Crippen LogP contribution is -2.22. The van der Waals surface area contributed by atoms with Gasteiger partial charge in [0, 0.05) is 17.1 Å². The van der Waals surface area contributed by atoms with E-state index in [0.717, 1.165) is 5.56 Å². The Morgan fingerprint density at radius 3 is 2.25 bits per heavy atom. The summed E-state index contributed by atoms with van der Waals surface area (Å²) < 4.78 is 5.12. The number of halogens is 2. The summed E-state index contributed by atoms with van der Waals surface area (Å²) in [5.41, 5.74) is 1.00. The fourth-order valence-electron chi connectivity index (χ4n) is 1.79. The summed E-state index contributed by atoms with van der Waals surface area (Å²) in [5, 5.41) is 4.50. The Morgan fingerprint density at radius 1 is 1.19 bits per heavy atom. The first-order valence-corrected chi connectivity index (χ1v) is 5.97. The van der Waals surface area contributed by atoms with Crippen molar-refractivity contribution in [3.8, 4) is 5.75 Å². The van der Waals surface area contributed by atoms with E-state index in [1.165, 1.54) is 0 Å². The van der Waals surface area contributed by atoms with Crippen molar-refractivity contribution in [2.75, 3.05) is 14.2 Å². The van der Waals surface area contributed by atoms with Crippen molar-refractivity contribution in [2.24, 2.45) is 5.92 Å². The molecule has 0 heterocycles. The summed E-state index contributed by atoms with van der Waals surface area (Å²) in [7, 11) is 3.49. The van der Waals surface area contributed by atoms with Crippen LogP contribution in [0.1, 0.15) is 25.5 Å². The van der Waals surface area contributed by atoms with E-state index in [2.05, 4.69) is 19.2 Å². The molecule has 1 rings (SSSR count). The zero-order valence-electron chi connectivity index (χ0n) is 9.97. The van der Waals surface area contributed by atoms with Crippen LogP contribution < -0.4 is 10.1 Å². The molecule has 0 bridgehead atoms. The van der Waals surface area contributed by atoms with E-state index in [9.17, 15) is 0 Å². The van der Waals surface area contributed by atoms with Crippen molar-refractivity contribution in [2.45, 2.75) is 19.9 Å². The molecule has 0 aliphatic carbocycles. The third-order valence-corrected chi connectivity index (χ3v) is 3.21. The van der Waals surface area contributed by atoms with Gasteiger partial charge in [-0.2, -0.15) is 0 Å². The van der Waals surface area contributed by atoms with Crippen LogP contribution in [0.25, 0.3) is 0 Å². The van der Waals surface area contributed by atoms with Crippen LogP contribution in [0.5, 0.6) is 5.75 Å². The van der Waals surface area contributed by atoms with Gasteiger partial charge in [-0.05, 0) is 24.6 Å². The van der Waals surface area contributed by atoms with Crippen LogP contribution in [-0.4, -0.2) is 14.2 Å². The number of benzene rings is 1. The average Bonchev–Trinajstić information content (AvgIpc) is 2.23. The third kappa shape index (κ3) is 2.82. The summed E-state index contributed by atoms with van der Waals surface area (Å²) in [5.74, 6) is 1.04. The van der Waals surface area contributed by atoms with Crippen LogP contribution in [0.4, 0.5) is 0 Å². The quantitative estimate of drug-likeness (QED) is 0.888. The molecule has 4 heteroatoms. The molecule has 0 amide bonds. The van der Waals surface area contributed by atoms with Crippen LogP contribution in [-0.2, 0) is 0 Å².